The summed E-state index contributed by atoms with van der Waals surface area (Å²) in [5, 5.41) is 12.1. The quantitative estimate of drug-likeness (QED) is 0.665. The van der Waals surface area contributed by atoms with E-state index < -0.39 is 0 Å². The summed E-state index contributed by atoms with van der Waals surface area (Å²) in [6.45, 7) is 6.09. The van der Waals surface area contributed by atoms with Gasteiger partial charge in [-0.05, 0) is 23.1 Å². The number of aromatic hydroxyl groups is 1. The van der Waals surface area contributed by atoms with Crippen LogP contribution in [0.4, 0.5) is 5.69 Å². The molecule has 4 N–H and O–H groups in total. The number of benzene rings is 1. The van der Waals surface area contributed by atoms with Crippen molar-refractivity contribution in [2.24, 2.45) is 5.73 Å². The Balaban J connectivity index is 3.04. The lowest BCUT2D eigenvalue weighted by molar-refractivity contribution is -0.114. The van der Waals surface area contributed by atoms with Gasteiger partial charge in [-0.15, -0.1) is 0 Å². The van der Waals surface area contributed by atoms with Crippen LogP contribution in [0, 0.1) is 0 Å². The van der Waals surface area contributed by atoms with Crippen LogP contribution in [0.15, 0.2) is 18.2 Å². The van der Waals surface area contributed by atoms with E-state index >= 15 is 0 Å². The van der Waals surface area contributed by atoms with Gasteiger partial charge in [-0.1, -0.05) is 26.8 Å². The van der Waals surface area contributed by atoms with E-state index in [1.165, 1.54) is 0 Å². The molecule has 0 bridgehead atoms. The van der Waals surface area contributed by atoms with Crippen LogP contribution < -0.4 is 11.1 Å². The van der Waals surface area contributed by atoms with Crippen molar-refractivity contribution in [2.45, 2.75) is 26.2 Å². The number of hydrogen-bond donors (Lipinski definition) is 3. The number of nitrogens with one attached hydrogen (secondary N) is 1. The number of carbonyl (C=O) groups is 1. The van der Waals surface area contributed by atoms with Crippen LogP contribution in [-0.4, -0.2) is 17.6 Å². The number of phenolic OH excluding ortho intramolecular Hbond substituents is 1. The largest absolute Gasteiger partial charge is 0.506 e. The van der Waals surface area contributed by atoms with Crippen LogP contribution in [0.2, 0.25) is 0 Å². The van der Waals surface area contributed by atoms with Crippen molar-refractivity contribution in [1.29, 1.82) is 0 Å². The molecule has 0 saturated carbocycles. The second-order valence-electron chi connectivity index (χ2n) is 4.73. The lowest BCUT2D eigenvalue weighted by atomic mass is 9.87. The highest BCUT2D eigenvalue weighted by molar-refractivity contribution is 5.93. The number of nitrogens with two attached hydrogens (primary N) is 1. The first kappa shape index (κ1) is 12.5. The molecule has 0 aliphatic carbocycles. The van der Waals surface area contributed by atoms with Crippen LogP contribution in [0.25, 0.3) is 0 Å². The van der Waals surface area contributed by atoms with Gasteiger partial charge in [-0.3, -0.25) is 4.79 Å². The lowest BCUT2D eigenvalue weighted by Crippen LogP contribution is -2.22. The summed E-state index contributed by atoms with van der Waals surface area (Å²) in [7, 11) is 0. The van der Waals surface area contributed by atoms with Crippen LogP contribution in [0.3, 0.4) is 0 Å². The van der Waals surface area contributed by atoms with Crippen molar-refractivity contribution in [3.63, 3.8) is 0 Å². The van der Waals surface area contributed by atoms with E-state index in [0.717, 1.165) is 5.56 Å². The van der Waals surface area contributed by atoms with Gasteiger partial charge in [0.25, 0.3) is 0 Å². The molecule has 0 unspecified atom stereocenters. The summed E-state index contributed by atoms with van der Waals surface area (Å²) in [5.41, 5.74) is 6.61. The lowest BCUT2D eigenvalue weighted by Gasteiger charge is -2.20. The topological polar surface area (TPSA) is 75.3 Å². The second kappa shape index (κ2) is 4.53. The summed E-state index contributed by atoms with van der Waals surface area (Å²) in [6, 6.07) is 5.18. The minimum Gasteiger partial charge on any atom is -0.506 e. The third-order valence-corrected chi connectivity index (χ3v) is 2.32. The number of phenols is 1. The highest BCUT2D eigenvalue weighted by Crippen LogP contribution is 2.30. The molecule has 0 aromatic heterocycles. The fourth-order valence-electron chi connectivity index (χ4n) is 1.30. The molecular weight excluding hydrogens is 204 g/mol. The van der Waals surface area contributed by atoms with E-state index in [4.69, 9.17) is 5.73 Å². The Morgan fingerprint density at radius 3 is 2.56 bits per heavy atom. The summed E-state index contributed by atoms with van der Waals surface area (Å²) < 4.78 is 0. The molecule has 1 amide bonds. The van der Waals surface area contributed by atoms with Crippen LogP contribution >= 0.6 is 0 Å². The van der Waals surface area contributed by atoms with E-state index in [-0.39, 0.29) is 23.6 Å². The number of rotatable bonds is 2. The molecule has 0 radical (unpaired) electrons. The summed E-state index contributed by atoms with van der Waals surface area (Å²) in [5.74, 6) is -0.267. The monoisotopic (exact) mass is 222 g/mol. The van der Waals surface area contributed by atoms with Crippen molar-refractivity contribution in [3.8, 4) is 5.75 Å². The van der Waals surface area contributed by atoms with Crippen molar-refractivity contribution in [3.05, 3.63) is 23.8 Å². The summed E-state index contributed by atoms with van der Waals surface area (Å²) in [6.07, 6.45) is 0. The maximum atomic E-state index is 11.1. The first-order valence-electron chi connectivity index (χ1n) is 5.18. The van der Waals surface area contributed by atoms with Gasteiger partial charge in [-0.25, -0.2) is 0 Å². The number of anilines is 1. The summed E-state index contributed by atoms with van der Waals surface area (Å²) in [4.78, 5) is 11.1. The molecule has 4 nitrogen and oxygen atoms in total. The smallest absolute Gasteiger partial charge is 0.238 e. The average molecular weight is 222 g/mol. The SMILES string of the molecule is CC(C)(C)c1ccc(O)c(NC(=O)CN)c1. The number of amides is 1. The third-order valence-electron chi connectivity index (χ3n) is 2.32. The van der Waals surface area contributed by atoms with Crippen molar-refractivity contribution in [2.75, 3.05) is 11.9 Å². The molecule has 1 rings (SSSR count). The molecule has 88 valence electrons. The minimum absolute atomic E-state index is 0.0319. The Labute approximate surface area is 95.5 Å². The molecule has 0 aliphatic heterocycles. The van der Waals surface area contributed by atoms with Gasteiger partial charge < -0.3 is 16.2 Å². The average Bonchev–Trinajstić information content (AvgIpc) is 2.19. The van der Waals surface area contributed by atoms with Gasteiger partial charge in [0.1, 0.15) is 5.75 Å². The first-order valence-corrected chi connectivity index (χ1v) is 5.18. The zero-order chi connectivity index (χ0) is 12.3. The molecule has 1 aromatic carbocycles. The van der Waals surface area contributed by atoms with Crippen LogP contribution in [0.1, 0.15) is 26.3 Å². The van der Waals surface area contributed by atoms with E-state index in [1.807, 2.05) is 6.07 Å². The van der Waals surface area contributed by atoms with Gasteiger partial charge in [0, 0.05) is 0 Å². The second-order valence-corrected chi connectivity index (χ2v) is 4.73. The number of hydrogen-bond acceptors (Lipinski definition) is 3. The Morgan fingerprint density at radius 1 is 1.44 bits per heavy atom. The van der Waals surface area contributed by atoms with Gasteiger partial charge >= 0.3 is 0 Å². The van der Waals surface area contributed by atoms with Crippen LogP contribution in [-0.2, 0) is 10.2 Å². The molecule has 0 fully saturated rings. The van der Waals surface area contributed by atoms with Gasteiger partial charge in [0.15, 0.2) is 0 Å². The Morgan fingerprint density at radius 2 is 2.06 bits per heavy atom. The van der Waals surface area contributed by atoms with Crippen molar-refractivity contribution in [1.82, 2.24) is 0 Å². The maximum absolute atomic E-state index is 11.1. The predicted octanol–water partition coefficient (Wildman–Crippen LogP) is 1.59. The van der Waals surface area contributed by atoms with Crippen molar-refractivity contribution < 1.29 is 9.90 Å². The normalized spacial score (nSPS) is 11.2. The highest BCUT2D eigenvalue weighted by Gasteiger charge is 2.15. The fourth-order valence-corrected chi connectivity index (χ4v) is 1.30. The van der Waals surface area contributed by atoms with Gasteiger partial charge in [0.05, 0.1) is 12.2 Å². The van der Waals surface area contributed by atoms with E-state index in [2.05, 4.69) is 26.1 Å². The predicted molar refractivity (Wildman–Crippen MR) is 64.5 cm³/mol. The zero-order valence-corrected chi connectivity index (χ0v) is 9.87. The summed E-state index contributed by atoms with van der Waals surface area (Å²) >= 11 is 0. The highest BCUT2D eigenvalue weighted by atomic mass is 16.3. The van der Waals surface area contributed by atoms with Crippen LogP contribution in [0.5, 0.6) is 5.75 Å². The zero-order valence-electron chi connectivity index (χ0n) is 9.87. The van der Waals surface area contributed by atoms with E-state index in [1.54, 1.807) is 12.1 Å². The Bertz CT molecular complexity index is 394. The van der Waals surface area contributed by atoms with Gasteiger partial charge in [-0.2, -0.15) is 0 Å². The Hall–Kier alpha value is -1.55. The fraction of sp³-hybridized carbons (Fsp3) is 0.417. The maximum Gasteiger partial charge on any atom is 0.238 e. The molecule has 16 heavy (non-hydrogen) atoms. The van der Waals surface area contributed by atoms with Crippen molar-refractivity contribution >= 4 is 11.6 Å². The molecule has 4 heteroatoms. The molecule has 0 saturated heterocycles. The van der Waals surface area contributed by atoms with E-state index in [0.29, 0.717) is 5.69 Å². The molecule has 1 aromatic rings. The molecular formula is C12H18N2O2. The molecule has 0 heterocycles. The van der Waals surface area contributed by atoms with Gasteiger partial charge in [0.2, 0.25) is 5.91 Å². The molecule has 0 aliphatic rings. The van der Waals surface area contributed by atoms with E-state index in [9.17, 15) is 9.90 Å². The third kappa shape index (κ3) is 2.97. The minimum atomic E-state index is -0.318. The number of carbonyl (C=O) groups excluding carboxylic acids is 1. The first-order chi connectivity index (χ1) is 7.34. The Kier molecular flexibility index (Phi) is 3.55. The molecule has 0 spiro atoms. The molecule has 0 atom stereocenters. The standard InChI is InChI=1S/C12H18N2O2/c1-12(2,3)8-4-5-10(15)9(6-8)14-11(16)7-13/h4-6,15H,7,13H2,1-3H3,(H,14,16).